The van der Waals surface area contributed by atoms with E-state index in [2.05, 4.69) is 45.7 Å². The zero-order valence-electron chi connectivity index (χ0n) is 24.1. The van der Waals surface area contributed by atoms with E-state index in [1.165, 1.54) is 17.3 Å². The number of nitrogens with zero attached hydrogens (tertiary/aromatic N) is 4. The molecule has 4 rings (SSSR count). The third-order valence-corrected chi connectivity index (χ3v) is 6.32. The molecule has 0 saturated carbocycles. The van der Waals surface area contributed by atoms with Crippen LogP contribution >= 0.6 is 11.6 Å². The van der Waals surface area contributed by atoms with Crippen molar-refractivity contribution in [2.75, 3.05) is 0 Å². The van der Waals surface area contributed by atoms with Gasteiger partial charge in [0.2, 0.25) is 0 Å². The molecule has 0 aliphatic carbocycles. The molecule has 0 atom stereocenters. The summed E-state index contributed by atoms with van der Waals surface area (Å²) in [6.07, 6.45) is 13.8. The van der Waals surface area contributed by atoms with Gasteiger partial charge in [-0.15, -0.1) is 13.2 Å². The van der Waals surface area contributed by atoms with Gasteiger partial charge in [0.15, 0.2) is 17.5 Å². The maximum Gasteiger partial charge on any atom is 0.194 e. The van der Waals surface area contributed by atoms with Gasteiger partial charge in [0.05, 0.1) is 24.9 Å². The van der Waals surface area contributed by atoms with Crippen LogP contribution in [0.25, 0.3) is 0 Å². The normalized spacial score (nSPS) is 11.4. The van der Waals surface area contributed by atoms with Gasteiger partial charge >= 0.3 is 0 Å². The third-order valence-electron chi connectivity index (χ3n) is 6.07. The number of aryl methyl sites for hydroxylation is 2. The van der Waals surface area contributed by atoms with E-state index >= 15 is 0 Å². The first kappa shape index (κ1) is 33.6. The molecule has 0 radical (unpaired) electrons. The summed E-state index contributed by atoms with van der Waals surface area (Å²) in [5, 5.41) is 16.3. The molecule has 0 saturated heterocycles. The van der Waals surface area contributed by atoms with Crippen LogP contribution in [0, 0.1) is 17.5 Å². The van der Waals surface area contributed by atoms with Crippen LogP contribution in [0.15, 0.2) is 131 Å². The van der Waals surface area contributed by atoms with Gasteiger partial charge in [-0.05, 0) is 77.8 Å². The highest BCUT2D eigenvalue weighted by molar-refractivity contribution is 6.30. The highest BCUT2D eigenvalue weighted by atomic mass is 35.5. The first-order chi connectivity index (χ1) is 21.4. The van der Waals surface area contributed by atoms with Gasteiger partial charge < -0.3 is 0 Å². The number of rotatable bonds is 12. The SMILES string of the molecule is C=CCCc1ccc(C=NN=Cc2cc(F)c(F)c(F)c2)cc1.C=CCCc1ccc(C=NN=Cc2ccc(Cl)cc2)cc1. The molecule has 0 unspecified atom stereocenters. The monoisotopic (exact) mass is 612 g/mol. The standard InChI is InChI=1S/C18H17ClN2.C18H15F3N2/c1-2-3-4-15-5-7-16(8-6-15)13-20-21-14-17-9-11-18(19)12-10-17;1-2-3-4-13-5-7-14(8-6-13)11-22-23-12-15-9-16(19)18(21)17(20)10-15/h2,5-14H,1,3-4H2;2,5-12H,1,3-4H2. The van der Waals surface area contributed by atoms with Crippen molar-refractivity contribution in [3.05, 3.63) is 166 Å². The predicted octanol–water partition coefficient (Wildman–Crippen LogP) is 9.59. The first-order valence-electron chi connectivity index (χ1n) is 13.8. The van der Waals surface area contributed by atoms with E-state index in [1.54, 1.807) is 12.4 Å². The summed E-state index contributed by atoms with van der Waals surface area (Å²) in [4.78, 5) is 0. The second kappa shape index (κ2) is 18.6. The fraction of sp³-hybridized carbons (Fsp3) is 0.111. The van der Waals surface area contributed by atoms with Crippen LogP contribution in [-0.2, 0) is 12.8 Å². The van der Waals surface area contributed by atoms with Crippen molar-refractivity contribution in [2.24, 2.45) is 20.4 Å². The van der Waals surface area contributed by atoms with E-state index in [0.29, 0.717) is 5.02 Å². The van der Waals surface area contributed by atoms with Crippen LogP contribution in [0.5, 0.6) is 0 Å². The average Bonchev–Trinajstić information content (AvgIpc) is 3.04. The Balaban J connectivity index is 0.000000241. The minimum atomic E-state index is -1.50. The molecular weight excluding hydrogens is 581 g/mol. The Morgan fingerprint density at radius 3 is 1.23 bits per heavy atom. The van der Waals surface area contributed by atoms with Crippen LogP contribution in [-0.4, -0.2) is 24.9 Å². The highest BCUT2D eigenvalue weighted by Gasteiger charge is 2.09. The quantitative estimate of drug-likeness (QED) is 0.0662. The molecule has 0 N–H and O–H groups in total. The molecule has 0 aromatic heterocycles. The van der Waals surface area contributed by atoms with Crippen molar-refractivity contribution in [3.8, 4) is 0 Å². The van der Waals surface area contributed by atoms with Gasteiger partial charge in [-0.3, -0.25) is 0 Å². The van der Waals surface area contributed by atoms with Crippen LogP contribution in [0.3, 0.4) is 0 Å². The van der Waals surface area contributed by atoms with Crippen molar-refractivity contribution < 1.29 is 13.2 Å². The second-order valence-electron chi connectivity index (χ2n) is 9.47. The van der Waals surface area contributed by atoms with Gasteiger partial charge in [0.25, 0.3) is 0 Å². The summed E-state index contributed by atoms with van der Waals surface area (Å²) in [6.45, 7) is 7.41. The molecule has 4 aromatic rings. The summed E-state index contributed by atoms with van der Waals surface area (Å²) in [5.41, 5.74) is 5.45. The van der Waals surface area contributed by atoms with Gasteiger partial charge in [0, 0.05) is 10.6 Å². The van der Waals surface area contributed by atoms with Gasteiger partial charge in [0.1, 0.15) is 0 Å². The lowest BCUT2D eigenvalue weighted by molar-refractivity contribution is 0.447. The van der Waals surface area contributed by atoms with Crippen molar-refractivity contribution >= 4 is 36.5 Å². The molecule has 0 amide bonds. The summed E-state index contributed by atoms with van der Waals surface area (Å²) < 4.78 is 38.8. The Morgan fingerprint density at radius 2 is 0.864 bits per heavy atom. The lowest BCUT2D eigenvalue weighted by Crippen LogP contribution is -1.93. The number of allylic oxidation sites excluding steroid dienone is 2. The highest BCUT2D eigenvalue weighted by Crippen LogP contribution is 2.13. The van der Waals surface area contributed by atoms with Crippen LogP contribution in [0.4, 0.5) is 13.2 Å². The maximum atomic E-state index is 13.0. The molecule has 0 fully saturated rings. The van der Waals surface area contributed by atoms with Gasteiger partial charge in [-0.2, -0.15) is 20.4 Å². The van der Waals surface area contributed by atoms with E-state index in [1.807, 2.05) is 72.8 Å². The predicted molar refractivity (Wildman–Crippen MR) is 178 cm³/mol. The number of benzene rings is 4. The van der Waals surface area contributed by atoms with Crippen molar-refractivity contribution in [1.29, 1.82) is 0 Å². The number of halogens is 4. The molecule has 0 heterocycles. The molecule has 44 heavy (non-hydrogen) atoms. The summed E-state index contributed by atoms with van der Waals surface area (Å²) in [7, 11) is 0. The third kappa shape index (κ3) is 12.2. The zero-order valence-corrected chi connectivity index (χ0v) is 24.8. The minimum Gasteiger partial charge on any atom is -0.204 e. The molecule has 0 aliphatic rings. The van der Waals surface area contributed by atoms with E-state index in [-0.39, 0.29) is 5.56 Å². The first-order valence-corrected chi connectivity index (χ1v) is 14.2. The molecule has 8 heteroatoms. The fourth-order valence-electron chi connectivity index (χ4n) is 3.68. The fourth-order valence-corrected chi connectivity index (χ4v) is 3.80. The summed E-state index contributed by atoms with van der Waals surface area (Å²) in [5.74, 6) is -4.02. The Hall–Kier alpha value is -4.88. The largest absolute Gasteiger partial charge is 0.204 e. The Morgan fingerprint density at radius 1 is 0.523 bits per heavy atom. The lowest BCUT2D eigenvalue weighted by atomic mass is 10.1. The second-order valence-corrected chi connectivity index (χ2v) is 9.90. The molecule has 0 bridgehead atoms. The van der Waals surface area contributed by atoms with Crippen LogP contribution < -0.4 is 0 Å². The molecule has 4 aromatic carbocycles. The van der Waals surface area contributed by atoms with E-state index in [0.717, 1.165) is 60.7 Å². The molecule has 4 nitrogen and oxygen atoms in total. The molecular formula is C36H32ClF3N4. The van der Waals surface area contributed by atoms with Gasteiger partial charge in [-0.25, -0.2) is 13.2 Å². The molecule has 224 valence electrons. The Labute approximate surface area is 261 Å². The van der Waals surface area contributed by atoms with E-state index in [4.69, 9.17) is 11.6 Å². The van der Waals surface area contributed by atoms with E-state index < -0.39 is 17.5 Å². The summed E-state index contributed by atoms with van der Waals surface area (Å²) >= 11 is 5.82. The Bertz CT molecular complexity index is 1590. The maximum absolute atomic E-state index is 13.0. The van der Waals surface area contributed by atoms with E-state index in [9.17, 15) is 13.2 Å². The van der Waals surface area contributed by atoms with Gasteiger partial charge in [-0.1, -0.05) is 84.4 Å². The molecule has 0 aliphatic heterocycles. The van der Waals surface area contributed by atoms with Crippen molar-refractivity contribution in [1.82, 2.24) is 0 Å². The molecule has 0 spiro atoms. The minimum absolute atomic E-state index is 0.0957. The topological polar surface area (TPSA) is 49.4 Å². The lowest BCUT2D eigenvalue weighted by Gasteiger charge is -1.98. The van der Waals surface area contributed by atoms with Crippen LogP contribution in [0.2, 0.25) is 5.02 Å². The Kier molecular flexibility index (Phi) is 14.2. The average molecular weight is 613 g/mol. The summed E-state index contributed by atoms with van der Waals surface area (Å²) in [6, 6.07) is 25.2. The number of hydrogen-bond acceptors (Lipinski definition) is 4. The van der Waals surface area contributed by atoms with Crippen molar-refractivity contribution in [2.45, 2.75) is 25.7 Å². The van der Waals surface area contributed by atoms with Crippen LogP contribution in [0.1, 0.15) is 46.2 Å². The smallest absolute Gasteiger partial charge is 0.194 e. The zero-order chi connectivity index (χ0) is 31.6. The van der Waals surface area contributed by atoms with Crippen molar-refractivity contribution in [3.63, 3.8) is 0 Å². The number of hydrogen-bond donors (Lipinski definition) is 0.